The van der Waals surface area contributed by atoms with Gasteiger partial charge in [-0.2, -0.15) is 0 Å². The fourth-order valence-corrected chi connectivity index (χ4v) is 5.62. The van der Waals surface area contributed by atoms with Crippen LogP contribution in [-0.4, -0.2) is 12.6 Å². The van der Waals surface area contributed by atoms with Gasteiger partial charge in [-0.1, -0.05) is 135 Å². The van der Waals surface area contributed by atoms with E-state index in [9.17, 15) is 4.79 Å². The quantitative estimate of drug-likeness (QED) is 0.0792. The second-order valence-electron chi connectivity index (χ2n) is 11.1. The fraction of sp³-hybridized carbons (Fsp3) is 0.167. The molecule has 0 fully saturated rings. The molecule has 0 atom stereocenters. The molecule has 0 radical (unpaired) electrons. The number of carbonyl (C=O) groups is 1. The lowest BCUT2D eigenvalue weighted by Crippen LogP contribution is -2.01. The van der Waals surface area contributed by atoms with Crippen molar-refractivity contribution in [3.05, 3.63) is 151 Å². The van der Waals surface area contributed by atoms with E-state index in [2.05, 4.69) is 135 Å². The van der Waals surface area contributed by atoms with Crippen LogP contribution < -0.4 is 0 Å². The molecule has 0 heterocycles. The smallest absolute Gasteiger partial charge is 0.330 e. The molecule has 5 aromatic carbocycles. The Hall–Kier alpha value is -4.95. The fourth-order valence-electron chi connectivity index (χ4n) is 5.62. The van der Waals surface area contributed by atoms with E-state index >= 15 is 0 Å². The van der Waals surface area contributed by atoms with E-state index in [0.29, 0.717) is 6.61 Å². The molecule has 44 heavy (non-hydrogen) atoms. The summed E-state index contributed by atoms with van der Waals surface area (Å²) in [4.78, 5) is 11.2. The molecule has 0 spiro atoms. The number of ether oxygens (including phenoxy) is 1. The second kappa shape index (κ2) is 15.0. The highest BCUT2D eigenvalue weighted by Crippen LogP contribution is 2.39. The Morgan fingerprint density at radius 1 is 0.614 bits per heavy atom. The molecule has 5 aromatic rings. The molecule has 0 aliphatic heterocycles. The van der Waals surface area contributed by atoms with Crippen LogP contribution in [0.1, 0.15) is 42.9 Å². The van der Waals surface area contributed by atoms with Gasteiger partial charge in [-0.25, -0.2) is 4.79 Å². The van der Waals surface area contributed by atoms with Crippen molar-refractivity contribution in [2.24, 2.45) is 0 Å². The molecule has 0 amide bonds. The predicted molar refractivity (Wildman–Crippen MR) is 186 cm³/mol. The van der Waals surface area contributed by atoms with Crippen LogP contribution in [0.5, 0.6) is 0 Å². The number of hydrogen-bond donors (Lipinski definition) is 0. The first-order chi connectivity index (χ1) is 21.6. The van der Waals surface area contributed by atoms with E-state index in [1.165, 1.54) is 61.7 Å². The third-order valence-corrected chi connectivity index (χ3v) is 8.15. The Kier molecular flexibility index (Phi) is 10.4. The van der Waals surface area contributed by atoms with Gasteiger partial charge in [0.05, 0.1) is 6.61 Å². The molecule has 0 aliphatic carbocycles. The lowest BCUT2D eigenvalue weighted by molar-refractivity contribution is -0.137. The molecule has 0 unspecified atom stereocenters. The molecule has 2 heteroatoms. The van der Waals surface area contributed by atoms with Crippen LogP contribution in [0.25, 0.3) is 50.6 Å². The first-order valence-electron chi connectivity index (χ1n) is 15.5. The van der Waals surface area contributed by atoms with E-state index in [4.69, 9.17) is 4.74 Å². The van der Waals surface area contributed by atoms with Crippen molar-refractivity contribution in [1.82, 2.24) is 0 Å². The normalized spacial score (nSPS) is 10.8. The lowest BCUT2D eigenvalue weighted by atomic mass is 9.87. The molecular formula is C42H40O2. The van der Waals surface area contributed by atoms with E-state index < -0.39 is 0 Å². The minimum Gasteiger partial charge on any atom is -0.463 e. The molecule has 0 N–H and O–H groups in total. The molecule has 0 aromatic heterocycles. The maximum atomic E-state index is 11.2. The average Bonchev–Trinajstić information content (AvgIpc) is 3.09. The third-order valence-electron chi connectivity index (χ3n) is 8.15. The number of carbonyl (C=O) groups excluding carboxylic acids is 1. The summed E-state index contributed by atoms with van der Waals surface area (Å²) < 4.78 is 5.07. The standard InChI is InChI=1S/C42H40O2/c1-4-31-18-25-35(26-19-31)38-16-9-10-17-39(38)40-27-22-32(5-2)29-41(40)37-15-12-14-36(30-37)34-23-20-33(21-24-34)13-8-7-11-28-44-42(43)6-3/h4,6,9-10,12,14-27,29-30H,1,3,5,7-8,11,13,28H2,2H3. The van der Waals surface area contributed by atoms with Crippen molar-refractivity contribution in [2.45, 2.75) is 39.0 Å². The molecular weight excluding hydrogens is 536 g/mol. The Balaban J connectivity index is 1.39. The van der Waals surface area contributed by atoms with Crippen LogP contribution in [0.2, 0.25) is 0 Å². The summed E-state index contributed by atoms with van der Waals surface area (Å²) in [5.74, 6) is -0.349. The minimum atomic E-state index is -0.349. The number of unbranched alkanes of at least 4 members (excludes halogenated alkanes) is 2. The number of hydrogen-bond acceptors (Lipinski definition) is 2. The van der Waals surface area contributed by atoms with Gasteiger partial charge >= 0.3 is 5.97 Å². The first kappa shape index (κ1) is 30.5. The van der Waals surface area contributed by atoms with Gasteiger partial charge in [0.25, 0.3) is 0 Å². The maximum absolute atomic E-state index is 11.2. The summed E-state index contributed by atoms with van der Waals surface area (Å²) in [6, 6.07) is 42.0. The number of aryl methyl sites for hydroxylation is 2. The third kappa shape index (κ3) is 7.51. The highest BCUT2D eigenvalue weighted by atomic mass is 16.5. The zero-order valence-electron chi connectivity index (χ0n) is 25.6. The molecule has 2 nitrogen and oxygen atoms in total. The summed E-state index contributed by atoms with van der Waals surface area (Å²) in [6.45, 7) is 10.0. The summed E-state index contributed by atoms with van der Waals surface area (Å²) in [5.41, 5.74) is 13.5. The first-order valence-corrected chi connectivity index (χ1v) is 15.5. The van der Waals surface area contributed by atoms with Gasteiger partial charge in [0.2, 0.25) is 0 Å². The molecule has 0 saturated carbocycles. The van der Waals surface area contributed by atoms with Crippen molar-refractivity contribution in [2.75, 3.05) is 6.61 Å². The summed E-state index contributed by atoms with van der Waals surface area (Å²) in [5, 5.41) is 0. The zero-order valence-corrected chi connectivity index (χ0v) is 25.6. The Morgan fingerprint density at radius 2 is 1.30 bits per heavy atom. The van der Waals surface area contributed by atoms with E-state index in [-0.39, 0.29) is 5.97 Å². The van der Waals surface area contributed by atoms with Gasteiger partial charge in [-0.15, -0.1) is 0 Å². The van der Waals surface area contributed by atoms with Crippen molar-refractivity contribution >= 4 is 12.0 Å². The number of benzene rings is 5. The molecule has 220 valence electrons. The van der Waals surface area contributed by atoms with Crippen LogP contribution in [0.3, 0.4) is 0 Å². The minimum absolute atomic E-state index is 0.349. The monoisotopic (exact) mass is 576 g/mol. The van der Waals surface area contributed by atoms with Crippen LogP contribution in [0.15, 0.2) is 134 Å². The highest BCUT2D eigenvalue weighted by molar-refractivity contribution is 5.92. The zero-order chi connectivity index (χ0) is 30.7. The van der Waals surface area contributed by atoms with Gasteiger partial charge in [0.15, 0.2) is 0 Å². The molecule has 0 saturated heterocycles. The molecule has 0 bridgehead atoms. The largest absolute Gasteiger partial charge is 0.463 e. The summed E-state index contributed by atoms with van der Waals surface area (Å²) in [7, 11) is 0. The Morgan fingerprint density at radius 3 is 2.02 bits per heavy atom. The Bertz CT molecular complexity index is 1730. The van der Waals surface area contributed by atoms with Crippen LogP contribution in [0, 0.1) is 0 Å². The van der Waals surface area contributed by atoms with Gasteiger partial charge in [-0.05, 0) is 99.4 Å². The van der Waals surface area contributed by atoms with Crippen molar-refractivity contribution in [3.8, 4) is 44.5 Å². The summed E-state index contributed by atoms with van der Waals surface area (Å²) >= 11 is 0. The number of esters is 1. The van der Waals surface area contributed by atoms with Crippen LogP contribution >= 0.6 is 0 Å². The maximum Gasteiger partial charge on any atom is 0.330 e. The molecule has 5 rings (SSSR count). The highest BCUT2D eigenvalue weighted by Gasteiger charge is 2.14. The van der Waals surface area contributed by atoms with E-state index in [1.54, 1.807) is 0 Å². The van der Waals surface area contributed by atoms with Crippen LogP contribution in [0.4, 0.5) is 0 Å². The van der Waals surface area contributed by atoms with E-state index in [0.717, 1.165) is 37.7 Å². The van der Waals surface area contributed by atoms with E-state index in [1.807, 2.05) is 6.08 Å². The van der Waals surface area contributed by atoms with Crippen molar-refractivity contribution in [1.29, 1.82) is 0 Å². The summed E-state index contributed by atoms with van der Waals surface area (Å²) in [6.07, 6.45) is 8.05. The van der Waals surface area contributed by atoms with Gasteiger partial charge in [0.1, 0.15) is 0 Å². The van der Waals surface area contributed by atoms with Crippen molar-refractivity contribution < 1.29 is 9.53 Å². The van der Waals surface area contributed by atoms with Gasteiger partial charge in [0, 0.05) is 6.08 Å². The van der Waals surface area contributed by atoms with Gasteiger partial charge in [-0.3, -0.25) is 0 Å². The SMILES string of the molecule is C=CC(=O)OCCCCCc1ccc(-c2cccc(-c3cc(CC)ccc3-c3ccccc3-c3ccc(C=C)cc3)c2)cc1. The second-order valence-corrected chi connectivity index (χ2v) is 11.1. The Labute approximate surface area is 262 Å². The predicted octanol–water partition coefficient (Wildman–Crippen LogP) is 11.0. The van der Waals surface area contributed by atoms with Gasteiger partial charge < -0.3 is 4.74 Å². The molecule has 0 aliphatic rings. The van der Waals surface area contributed by atoms with Crippen LogP contribution in [-0.2, 0) is 22.4 Å². The average molecular weight is 577 g/mol. The topological polar surface area (TPSA) is 26.3 Å². The lowest BCUT2D eigenvalue weighted by Gasteiger charge is -2.17. The van der Waals surface area contributed by atoms with Crippen molar-refractivity contribution in [3.63, 3.8) is 0 Å². The number of rotatable bonds is 13.